The molecule has 0 saturated heterocycles. The zero-order valence-corrected chi connectivity index (χ0v) is 21.2. The Morgan fingerprint density at radius 3 is 2.54 bits per heavy atom. The van der Waals surface area contributed by atoms with E-state index in [1.165, 1.54) is 24.6 Å². The number of rotatable bonds is 3. The normalized spacial score (nSPS) is 14.9. The summed E-state index contributed by atoms with van der Waals surface area (Å²) in [5.74, 6) is 2.66. The van der Waals surface area contributed by atoms with E-state index in [1.807, 2.05) is 37.3 Å². The van der Waals surface area contributed by atoms with Crippen molar-refractivity contribution in [1.82, 2.24) is 9.55 Å². The Bertz CT molecular complexity index is 1940. The molecular formula is C30H25FN2O3S. The van der Waals surface area contributed by atoms with E-state index < -0.39 is 10.2 Å². The lowest BCUT2D eigenvalue weighted by molar-refractivity contribution is 0.365. The number of nitrogens with one attached hydrogen (secondary N) is 1. The molecule has 37 heavy (non-hydrogen) atoms. The minimum Gasteiger partial charge on any atom is -0.340 e. The standard InChI is InChI=1S/C30H25FN2O3S/c1-3-19-12-13-23-26(15-19)32-30-28(23)29(34)25-14-18(2)24(20-8-7-11-22(16-20)37(31,35)36)17-27(25)33(30)21-9-5-4-6-10-21/h1,7-8,11-17,21,32H,4-6,9-10H2,2H3. The fraction of sp³-hybridized carbons (Fsp3) is 0.233. The number of benzene rings is 3. The van der Waals surface area contributed by atoms with Crippen LogP contribution in [0.5, 0.6) is 0 Å². The van der Waals surface area contributed by atoms with Crippen molar-refractivity contribution in [2.24, 2.45) is 0 Å². The van der Waals surface area contributed by atoms with Crippen LogP contribution in [-0.4, -0.2) is 18.0 Å². The van der Waals surface area contributed by atoms with Crippen molar-refractivity contribution < 1.29 is 12.3 Å². The van der Waals surface area contributed by atoms with Gasteiger partial charge in [0, 0.05) is 27.9 Å². The zero-order valence-electron chi connectivity index (χ0n) is 20.3. The molecule has 2 aromatic heterocycles. The Kier molecular flexibility index (Phi) is 5.46. The number of pyridine rings is 1. The van der Waals surface area contributed by atoms with Gasteiger partial charge in [-0.2, -0.15) is 8.42 Å². The summed E-state index contributed by atoms with van der Waals surface area (Å²) in [6.07, 6.45) is 11.0. The molecule has 0 spiro atoms. The first-order valence-corrected chi connectivity index (χ1v) is 13.8. The fourth-order valence-corrected chi connectivity index (χ4v) is 6.37. The van der Waals surface area contributed by atoms with Gasteiger partial charge in [-0.25, -0.2) is 0 Å². The number of aryl methyl sites for hydroxylation is 1. The predicted octanol–water partition coefficient (Wildman–Crippen LogP) is 6.76. The van der Waals surface area contributed by atoms with E-state index in [0.717, 1.165) is 64.4 Å². The Labute approximate surface area is 214 Å². The molecule has 1 aliphatic rings. The summed E-state index contributed by atoms with van der Waals surface area (Å²) < 4.78 is 39.2. The fourth-order valence-electron chi connectivity index (χ4n) is 5.86. The molecule has 1 aliphatic carbocycles. The number of hydrogen-bond donors (Lipinski definition) is 1. The van der Waals surface area contributed by atoms with Crippen LogP contribution in [0.15, 0.2) is 64.3 Å². The predicted molar refractivity (Wildman–Crippen MR) is 146 cm³/mol. The van der Waals surface area contributed by atoms with Gasteiger partial charge >= 0.3 is 10.2 Å². The first-order valence-electron chi connectivity index (χ1n) is 12.4. The van der Waals surface area contributed by atoms with Crippen LogP contribution in [0.4, 0.5) is 3.89 Å². The summed E-state index contributed by atoms with van der Waals surface area (Å²) in [5, 5.41) is 2.10. The molecule has 0 amide bonds. The van der Waals surface area contributed by atoms with Crippen LogP contribution in [0.25, 0.3) is 44.0 Å². The summed E-state index contributed by atoms with van der Waals surface area (Å²) in [6.45, 7) is 1.88. The minimum absolute atomic E-state index is 0.0634. The monoisotopic (exact) mass is 512 g/mol. The van der Waals surface area contributed by atoms with Crippen molar-refractivity contribution in [1.29, 1.82) is 0 Å². The number of hydrogen-bond acceptors (Lipinski definition) is 3. The number of aromatic amines is 1. The number of halogens is 1. The first-order chi connectivity index (χ1) is 17.8. The van der Waals surface area contributed by atoms with E-state index in [1.54, 1.807) is 6.07 Å². The van der Waals surface area contributed by atoms with Crippen molar-refractivity contribution >= 4 is 43.1 Å². The summed E-state index contributed by atoms with van der Waals surface area (Å²) in [7, 11) is -4.84. The van der Waals surface area contributed by atoms with Crippen LogP contribution in [0.3, 0.4) is 0 Å². The second-order valence-electron chi connectivity index (χ2n) is 9.89. The van der Waals surface area contributed by atoms with Crippen molar-refractivity contribution in [3.63, 3.8) is 0 Å². The summed E-state index contributed by atoms with van der Waals surface area (Å²) in [4.78, 5) is 17.0. The maximum absolute atomic E-state index is 13.9. The molecule has 186 valence electrons. The topological polar surface area (TPSA) is 71.9 Å². The van der Waals surface area contributed by atoms with E-state index in [4.69, 9.17) is 6.42 Å². The van der Waals surface area contributed by atoms with Gasteiger partial charge in [-0.05, 0) is 72.9 Å². The smallest absolute Gasteiger partial charge is 0.332 e. The quantitative estimate of drug-likeness (QED) is 0.215. The summed E-state index contributed by atoms with van der Waals surface area (Å²) in [5.41, 5.74) is 5.18. The van der Waals surface area contributed by atoms with E-state index >= 15 is 0 Å². The SMILES string of the molecule is C#Cc1ccc2c(c1)[nH]c1c2c(=O)c2cc(C)c(-c3cccc(S(=O)(=O)F)c3)cc2n1C1CCCCC1. The minimum atomic E-state index is -4.84. The number of fused-ring (bicyclic) bond motifs is 4. The molecule has 0 unspecified atom stereocenters. The lowest BCUT2D eigenvalue weighted by Crippen LogP contribution is -2.18. The van der Waals surface area contributed by atoms with Gasteiger partial charge in [0.25, 0.3) is 0 Å². The van der Waals surface area contributed by atoms with Crippen LogP contribution in [0, 0.1) is 19.3 Å². The largest absolute Gasteiger partial charge is 0.340 e. The molecule has 0 bridgehead atoms. The summed E-state index contributed by atoms with van der Waals surface area (Å²) >= 11 is 0. The third-order valence-electron chi connectivity index (χ3n) is 7.63. The maximum Gasteiger partial charge on any atom is 0.332 e. The van der Waals surface area contributed by atoms with Crippen molar-refractivity contribution in [3.05, 3.63) is 75.9 Å². The zero-order chi connectivity index (χ0) is 25.9. The van der Waals surface area contributed by atoms with Crippen LogP contribution >= 0.6 is 0 Å². The molecule has 1 fully saturated rings. The average molecular weight is 513 g/mol. The first kappa shape index (κ1) is 23.5. The molecule has 3 aromatic carbocycles. The molecular weight excluding hydrogens is 487 g/mol. The van der Waals surface area contributed by atoms with Gasteiger partial charge in [0.2, 0.25) is 0 Å². The van der Waals surface area contributed by atoms with Crippen LogP contribution < -0.4 is 5.43 Å². The molecule has 5 nitrogen and oxygen atoms in total. The van der Waals surface area contributed by atoms with E-state index in [2.05, 4.69) is 15.5 Å². The molecule has 2 heterocycles. The third-order valence-corrected chi connectivity index (χ3v) is 8.44. The van der Waals surface area contributed by atoms with E-state index in [9.17, 15) is 17.1 Å². The van der Waals surface area contributed by atoms with E-state index in [0.29, 0.717) is 16.3 Å². The highest BCUT2D eigenvalue weighted by Crippen LogP contribution is 2.37. The lowest BCUT2D eigenvalue weighted by atomic mass is 9.93. The Morgan fingerprint density at radius 2 is 1.81 bits per heavy atom. The van der Waals surface area contributed by atoms with Gasteiger partial charge in [0.05, 0.1) is 15.8 Å². The highest BCUT2D eigenvalue weighted by atomic mass is 32.3. The Hall–Kier alpha value is -3.89. The highest BCUT2D eigenvalue weighted by molar-refractivity contribution is 7.86. The molecule has 0 radical (unpaired) electrons. The van der Waals surface area contributed by atoms with Gasteiger partial charge in [0.1, 0.15) is 5.65 Å². The van der Waals surface area contributed by atoms with Crippen molar-refractivity contribution in [3.8, 4) is 23.5 Å². The molecule has 6 rings (SSSR count). The number of H-pyrrole nitrogens is 1. The molecule has 0 atom stereocenters. The van der Waals surface area contributed by atoms with Crippen molar-refractivity contribution in [2.45, 2.75) is 50.0 Å². The van der Waals surface area contributed by atoms with Crippen molar-refractivity contribution in [2.75, 3.05) is 0 Å². The average Bonchev–Trinajstić information content (AvgIpc) is 3.27. The van der Waals surface area contributed by atoms with Gasteiger partial charge in [-0.15, -0.1) is 10.3 Å². The molecule has 0 aliphatic heterocycles. The molecule has 1 N–H and O–H groups in total. The molecule has 5 aromatic rings. The van der Waals surface area contributed by atoms with Gasteiger partial charge in [-0.1, -0.05) is 43.4 Å². The van der Waals surface area contributed by atoms with Crippen LogP contribution in [0.2, 0.25) is 0 Å². The second-order valence-corrected chi connectivity index (χ2v) is 11.2. The Morgan fingerprint density at radius 1 is 1.03 bits per heavy atom. The maximum atomic E-state index is 13.9. The Balaban J connectivity index is 1.72. The van der Waals surface area contributed by atoms with Gasteiger partial charge < -0.3 is 9.55 Å². The summed E-state index contributed by atoms with van der Waals surface area (Å²) in [6, 6.07) is 15.5. The van der Waals surface area contributed by atoms with Gasteiger partial charge in [0.15, 0.2) is 5.43 Å². The molecule has 7 heteroatoms. The second kappa shape index (κ2) is 8.60. The lowest BCUT2D eigenvalue weighted by Gasteiger charge is -2.27. The number of aromatic nitrogens is 2. The number of terminal acetylenes is 1. The van der Waals surface area contributed by atoms with Gasteiger partial charge in [-0.3, -0.25) is 4.79 Å². The highest BCUT2D eigenvalue weighted by Gasteiger charge is 2.24. The van der Waals surface area contributed by atoms with Crippen LogP contribution in [-0.2, 0) is 10.2 Å². The molecule has 1 saturated carbocycles. The van der Waals surface area contributed by atoms with Crippen LogP contribution in [0.1, 0.15) is 49.3 Å². The van der Waals surface area contributed by atoms with E-state index in [-0.39, 0.29) is 16.4 Å². The number of nitrogens with zero attached hydrogens (tertiary/aromatic N) is 1. The third kappa shape index (κ3) is 3.84.